The third kappa shape index (κ3) is 4.12. The zero-order valence-electron chi connectivity index (χ0n) is 14.3. The minimum absolute atomic E-state index is 0.0424. The maximum Gasteiger partial charge on any atom is 0.262 e. The van der Waals surface area contributed by atoms with Crippen molar-refractivity contribution in [2.24, 2.45) is 0 Å². The van der Waals surface area contributed by atoms with Crippen molar-refractivity contribution in [2.45, 2.75) is 31.8 Å². The summed E-state index contributed by atoms with van der Waals surface area (Å²) in [6, 6.07) is 16.2. The lowest BCUT2D eigenvalue weighted by Gasteiger charge is -2.34. The highest BCUT2D eigenvalue weighted by Gasteiger charge is 2.38. The van der Waals surface area contributed by atoms with Gasteiger partial charge in [0.05, 0.1) is 5.75 Å². The van der Waals surface area contributed by atoms with Crippen LogP contribution in [0.1, 0.15) is 23.1 Å². The zero-order valence-corrected chi connectivity index (χ0v) is 15.2. The molecule has 3 rings (SSSR count). The number of hydrogen-bond donors (Lipinski definition) is 2. The molecule has 0 saturated carbocycles. The Hall–Kier alpha value is -2.22. The van der Waals surface area contributed by atoms with Crippen molar-refractivity contribution >= 4 is 15.9 Å². The van der Waals surface area contributed by atoms with Crippen molar-refractivity contribution in [1.82, 2.24) is 9.79 Å². The molecule has 0 bridgehead atoms. The van der Waals surface area contributed by atoms with E-state index in [-0.39, 0.29) is 18.7 Å². The smallest absolute Gasteiger partial charge is 0.262 e. The third-order valence-corrected chi connectivity index (χ3v) is 6.59. The second kappa shape index (κ2) is 7.99. The number of aryl methyl sites for hydroxylation is 1. The van der Waals surface area contributed by atoms with Crippen molar-refractivity contribution in [2.75, 3.05) is 5.75 Å². The number of amides is 1. The van der Waals surface area contributed by atoms with Gasteiger partial charge in [-0.15, -0.1) is 0 Å². The van der Waals surface area contributed by atoms with Gasteiger partial charge in [0, 0.05) is 6.54 Å². The molecule has 7 heteroatoms. The Morgan fingerprint density at radius 2 is 1.73 bits per heavy atom. The maximum absolute atomic E-state index is 12.9. The van der Waals surface area contributed by atoms with Gasteiger partial charge in [-0.3, -0.25) is 10.0 Å². The van der Waals surface area contributed by atoms with Crippen molar-refractivity contribution in [1.29, 1.82) is 0 Å². The van der Waals surface area contributed by atoms with Crippen LogP contribution in [-0.2, 0) is 34.2 Å². The number of benzene rings is 2. The van der Waals surface area contributed by atoms with E-state index >= 15 is 0 Å². The molecule has 1 amide bonds. The second-order valence-electron chi connectivity index (χ2n) is 6.42. The van der Waals surface area contributed by atoms with Gasteiger partial charge in [-0.2, -0.15) is 4.31 Å². The highest BCUT2D eigenvalue weighted by atomic mass is 32.2. The van der Waals surface area contributed by atoms with E-state index in [4.69, 9.17) is 5.21 Å². The summed E-state index contributed by atoms with van der Waals surface area (Å²) in [5.41, 5.74) is 4.50. The Bertz CT molecular complexity index is 868. The molecule has 6 nitrogen and oxygen atoms in total. The highest BCUT2D eigenvalue weighted by Crippen LogP contribution is 2.26. The fourth-order valence-electron chi connectivity index (χ4n) is 3.31. The van der Waals surface area contributed by atoms with Crippen molar-refractivity contribution in [3.63, 3.8) is 0 Å². The average molecular weight is 374 g/mol. The first-order valence-electron chi connectivity index (χ1n) is 8.55. The molecular formula is C19H22N2O4S. The summed E-state index contributed by atoms with van der Waals surface area (Å²) in [4.78, 5) is 12.1. The summed E-state index contributed by atoms with van der Waals surface area (Å²) in [6.07, 6.45) is 1.37. The molecule has 0 unspecified atom stereocenters. The number of carbonyl (C=O) groups is 1. The van der Waals surface area contributed by atoms with Crippen LogP contribution in [-0.4, -0.2) is 35.6 Å². The van der Waals surface area contributed by atoms with Crippen LogP contribution in [0.2, 0.25) is 0 Å². The van der Waals surface area contributed by atoms with Crippen molar-refractivity contribution in [3.05, 3.63) is 71.3 Å². The predicted octanol–water partition coefficient (Wildman–Crippen LogP) is 1.88. The summed E-state index contributed by atoms with van der Waals surface area (Å²) in [7, 11) is -3.64. The van der Waals surface area contributed by atoms with Gasteiger partial charge in [0.2, 0.25) is 10.0 Å². The van der Waals surface area contributed by atoms with Gasteiger partial charge in [0.25, 0.3) is 5.91 Å². The normalized spacial score (nSPS) is 17.5. The molecule has 1 aliphatic rings. The van der Waals surface area contributed by atoms with Gasteiger partial charge in [-0.05, 0) is 36.0 Å². The van der Waals surface area contributed by atoms with Crippen LogP contribution in [0.3, 0.4) is 0 Å². The first-order chi connectivity index (χ1) is 12.5. The zero-order chi connectivity index (χ0) is 18.6. The van der Waals surface area contributed by atoms with E-state index in [9.17, 15) is 13.2 Å². The van der Waals surface area contributed by atoms with E-state index in [0.29, 0.717) is 12.8 Å². The molecule has 0 aromatic heterocycles. The lowest BCUT2D eigenvalue weighted by molar-refractivity contribution is -0.133. The van der Waals surface area contributed by atoms with Crippen LogP contribution in [0.5, 0.6) is 0 Å². The van der Waals surface area contributed by atoms with E-state index in [0.717, 1.165) is 16.7 Å². The number of fused-ring (bicyclic) bond motifs is 1. The Kier molecular flexibility index (Phi) is 5.70. The number of hydroxylamine groups is 1. The fourth-order valence-corrected chi connectivity index (χ4v) is 4.95. The fraction of sp³-hybridized carbons (Fsp3) is 0.316. The largest absolute Gasteiger partial charge is 0.289 e. The lowest BCUT2D eigenvalue weighted by atomic mass is 9.95. The molecule has 138 valence electrons. The Morgan fingerprint density at radius 1 is 1.08 bits per heavy atom. The van der Waals surface area contributed by atoms with Gasteiger partial charge in [-0.25, -0.2) is 13.9 Å². The molecule has 0 spiro atoms. The standard InChI is InChI=1S/C19H22N2O4S/c22-19(20-23)18-13-16-10-4-5-11-17(16)14-21(18)26(24,25)12-6-9-15-7-2-1-3-8-15/h1-5,7-8,10-11,18,23H,6,9,12-14H2,(H,20,22)/t18-/m1/s1. The van der Waals surface area contributed by atoms with Gasteiger partial charge in [0.1, 0.15) is 6.04 Å². The molecule has 1 aliphatic heterocycles. The molecule has 1 heterocycles. The van der Waals surface area contributed by atoms with Gasteiger partial charge in [0.15, 0.2) is 0 Å². The van der Waals surface area contributed by atoms with Crippen LogP contribution in [0, 0.1) is 0 Å². The molecule has 26 heavy (non-hydrogen) atoms. The van der Waals surface area contributed by atoms with Crippen LogP contribution in [0.4, 0.5) is 0 Å². The topological polar surface area (TPSA) is 86.7 Å². The highest BCUT2D eigenvalue weighted by molar-refractivity contribution is 7.89. The molecule has 2 aromatic rings. The monoisotopic (exact) mass is 374 g/mol. The summed E-state index contributed by atoms with van der Waals surface area (Å²) < 4.78 is 27.0. The summed E-state index contributed by atoms with van der Waals surface area (Å²) in [6.45, 7) is 0.141. The van der Waals surface area contributed by atoms with Gasteiger partial charge in [-0.1, -0.05) is 54.6 Å². The number of sulfonamides is 1. The van der Waals surface area contributed by atoms with E-state index < -0.39 is 22.0 Å². The van der Waals surface area contributed by atoms with Gasteiger partial charge >= 0.3 is 0 Å². The minimum Gasteiger partial charge on any atom is -0.289 e. The first kappa shape index (κ1) is 18.6. The van der Waals surface area contributed by atoms with E-state index in [1.807, 2.05) is 54.6 Å². The average Bonchev–Trinajstić information content (AvgIpc) is 2.67. The molecule has 1 atom stereocenters. The van der Waals surface area contributed by atoms with Crippen molar-refractivity contribution in [3.8, 4) is 0 Å². The molecule has 2 aromatic carbocycles. The van der Waals surface area contributed by atoms with Crippen LogP contribution >= 0.6 is 0 Å². The van der Waals surface area contributed by atoms with E-state index in [2.05, 4.69) is 0 Å². The predicted molar refractivity (Wildman–Crippen MR) is 98.0 cm³/mol. The summed E-state index contributed by atoms with van der Waals surface area (Å²) in [5, 5.41) is 9.02. The van der Waals surface area contributed by atoms with E-state index in [1.54, 1.807) is 5.48 Å². The molecule has 0 radical (unpaired) electrons. The molecule has 0 aliphatic carbocycles. The summed E-state index contributed by atoms with van der Waals surface area (Å²) >= 11 is 0. The maximum atomic E-state index is 12.9. The summed E-state index contributed by atoms with van der Waals surface area (Å²) in [5.74, 6) is -0.745. The van der Waals surface area contributed by atoms with E-state index in [1.165, 1.54) is 4.31 Å². The van der Waals surface area contributed by atoms with Crippen LogP contribution < -0.4 is 5.48 Å². The Morgan fingerprint density at radius 3 is 2.42 bits per heavy atom. The number of carbonyl (C=O) groups excluding carboxylic acids is 1. The minimum atomic E-state index is -3.64. The lowest BCUT2D eigenvalue weighted by Crippen LogP contribution is -2.52. The molecule has 0 saturated heterocycles. The first-order valence-corrected chi connectivity index (χ1v) is 10.2. The number of rotatable bonds is 6. The Balaban J connectivity index is 1.76. The number of hydrogen-bond acceptors (Lipinski definition) is 4. The SMILES string of the molecule is O=C(NO)[C@H]1Cc2ccccc2CN1S(=O)(=O)CCCc1ccccc1. The molecule has 0 fully saturated rings. The Labute approximate surface area is 153 Å². The number of nitrogens with one attached hydrogen (secondary N) is 1. The van der Waals surface area contributed by atoms with Crippen molar-refractivity contribution < 1.29 is 18.4 Å². The third-order valence-electron chi connectivity index (χ3n) is 4.69. The van der Waals surface area contributed by atoms with Gasteiger partial charge < -0.3 is 0 Å². The molecule has 2 N–H and O–H groups in total. The number of nitrogens with zero attached hydrogens (tertiary/aromatic N) is 1. The van der Waals surface area contributed by atoms with Crippen LogP contribution in [0.25, 0.3) is 0 Å². The second-order valence-corrected chi connectivity index (χ2v) is 8.46. The molecular weight excluding hydrogens is 352 g/mol. The van der Waals surface area contributed by atoms with Crippen LogP contribution in [0.15, 0.2) is 54.6 Å². The quantitative estimate of drug-likeness (QED) is 0.597.